The average molecular weight is 595 g/mol. The maximum atomic E-state index is 12.1. The number of aliphatic hydroxyl groups is 2. The van der Waals surface area contributed by atoms with Gasteiger partial charge in [0.2, 0.25) is 0 Å². The monoisotopic (exact) mass is 594 g/mol. The molecule has 0 spiro atoms. The second-order valence-electron chi connectivity index (χ2n) is 9.06. The van der Waals surface area contributed by atoms with Crippen molar-refractivity contribution in [2.24, 2.45) is 0 Å². The van der Waals surface area contributed by atoms with E-state index in [2.05, 4.69) is 0 Å². The quantitative estimate of drug-likeness (QED) is 0.206. The summed E-state index contributed by atoms with van der Waals surface area (Å²) in [6, 6.07) is 0. The molecule has 2 heterocycles. The Morgan fingerprint density at radius 2 is 1.00 bits per heavy atom. The van der Waals surface area contributed by atoms with Crippen LogP contribution in [0.5, 0.6) is 0 Å². The summed E-state index contributed by atoms with van der Waals surface area (Å²) in [6.45, 7) is 4.85. The summed E-state index contributed by atoms with van der Waals surface area (Å²) < 4.78 is 48.5. The third-order valence-electron chi connectivity index (χ3n) is 5.63. The van der Waals surface area contributed by atoms with Gasteiger partial charge in [-0.25, -0.2) is 0 Å². The first-order chi connectivity index (χ1) is 19.1. The largest absolute Gasteiger partial charge is 0.463 e. The van der Waals surface area contributed by atoms with Crippen LogP contribution >= 0.6 is 0 Å². The number of carbonyl (C=O) groups is 6. The summed E-state index contributed by atoms with van der Waals surface area (Å²) in [5, 5.41) is 20.4. The zero-order valence-electron chi connectivity index (χ0n) is 23.2. The molecule has 0 aromatic carbocycles. The number of hydrogen-bond acceptors (Lipinski definition) is 17. The minimum atomic E-state index is -1.87. The van der Waals surface area contributed by atoms with Gasteiger partial charge in [-0.2, -0.15) is 0 Å². The summed E-state index contributed by atoms with van der Waals surface area (Å²) in [5.41, 5.74) is 0. The molecule has 17 heteroatoms. The fourth-order valence-corrected chi connectivity index (χ4v) is 4.30. The Morgan fingerprint density at radius 1 is 0.561 bits per heavy atom. The van der Waals surface area contributed by atoms with Gasteiger partial charge in [0.05, 0.1) is 6.61 Å². The fraction of sp³-hybridized carbons (Fsp3) is 0.750. The highest BCUT2D eigenvalue weighted by atomic mass is 16.8. The van der Waals surface area contributed by atoms with Gasteiger partial charge in [-0.3, -0.25) is 28.8 Å². The first kappa shape index (κ1) is 33.8. The molecule has 2 aliphatic rings. The van der Waals surface area contributed by atoms with E-state index in [4.69, 9.17) is 42.6 Å². The van der Waals surface area contributed by atoms with E-state index in [1.165, 1.54) is 0 Å². The van der Waals surface area contributed by atoms with Gasteiger partial charge >= 0.3 is 35.8 Å². The molecule has 0 radical (unpaired) electrons. The Balaban J connectivity index is 2.60. The lowest BCUT2D eigenvalue weighted by atomic mass is 9.96. The SMILES string of the molecule is CC(=O)OC[C@H]1O[C@@H](O[C@H]2[C@H](OC(C)=O)[C@@H](OC(C)=O)[C@H](O)O[C@@H]2CO)[C@H](OC(C)=O)[C@@H](OC(C)=O)[C@H]1OC(C)=O. The van der Waals surface area contributed by atoms with E-state index in [-0.39, 0.29) is 0 Å². The fourth-order valence-electron chi connectivity index (χ4n) is 4.30. The van der Waals surface area contributed by atoms with Crippen LogP contribution in [0.2, 0.25) is 0 Å². The second-order valence-corrected chi connectivity index (χ2v) is 9.06. The van der Waals surface area contributed by atoms with Crippen molar-refractivity contribution in [3.8, 4) is 0 Å². The van der Waals surface area contributed by atoms with Crippen molar-refractivity contribution >= 4 is 35.8 Å². The minimum absolute atomic E-state index is 0.551. The summed E-state index contributed by atoms with van der Waals surface area (Å²) in [7, 11) is 0. The van der Waals surface area contributed by atoms with E-state index >= 15 is 0 Å². The molecule has 10 atom stereocenters. The van der Waals surface area contributed by atoms with Crippen LogP contribution in [0.4, 0.5) is 0 Å². The maximum Gasteiger partial charge on any atom is 0.303 e. The van der Waals surface area contributed by atoms with Crippen molar-refractivity contribution in [1.82, 2.24) is 0 Å². The molecule has 0 aliphatic carbocycles. The van der Waals surface area contributed by atoms with Gasteiger partial charge in [-0.05, 0) is 0 Å². The molecular weight excluding hydrogens is 560 g/mol. The predicted octanol–water partition coefficient (Wildman–Crippen LogP) is -1.97. The highest BCUT2D eigenvalue weighted by Gasteiger charge is 2.57. The maximum absolute atomic E-state index is 12.1. The molecule has 0 aromatic rings. The number of rotatable bonds is 10. The summed E-state index contributed by atoms with van der Waals surface area (Å²) in [5.74, 6) is -5.17. The van der Waals surface area contributed by atoms with Crippen LogP contribution in [0.1, 0.15) is 41.5 Å². The van der Waals surface area contributed by atoms with Crippen LogP contribution < -0.4 is 0 Å². The lowest BCUT2D eigenvalue weighted by Crippen LogP contribution is -2.67. The molecular formula is C24H34O17. The summed E-state index contributed by atoms with van der Waals surface area (Å²) in [6.07, 6.45) is -16.0. The van der Waals surface area contributed by atoms with Crippen LogP contribution in [0.15, 0.2) is 0 Å². The third-order valence-corrected chi connectivity index (χ3v) is 5.63. The molecule has 2 saturated heterocycles. The van der Waals surface area contributed by atoms with E-state index in [0.717, 1.165) is 41.5 Å². The van der Waals surface area contributed by atoms with Crippen LogP contribution in [-0.4, -0.2) is 121 Å². The molecule has 2 fully saturated rings. The number of ether oxygens (including phenoxy) is 9. The summed E-state index contributed by atoms with van der Waals surface area (Å²) in [4.78, 5) is 71.2. The molecule has 2 rings (SSSR count). The standard InChI is InChI=1S/C24H34O17/c1-9(26)33-8-16-18(34-10(2)27)20(36-12(4)29)22(38-14(6)31)24(40-16)41-17-15(7-25)39-23(32)21(37-13(5)30)19(17)35-11(3)28/h15-25,32H,7-8H2,1-6H3/t15-,16-,17-,18+,19+,20+,21-,22-,23-,24+/m1/s1. The van der Waals surface area contributed by atoms with Gasteiger partial charge in [0.25, 0.3) is 0 Å². The highest BCUT2D eigenvalue weighted by Crippen LogP contribution is 2.34. The second kappa shape index (κ2) is 15.0. The lowest BCUT2D eigenvalue weighted by molar-refractivity contribution is -0.357. The topological polar surface area (TPSA) is 226 Å². The van der Waals surface area contributed by atoms with Gasteiger partial charge in [0, 0.05) is 41.5 Å². The third kappa shape index (κ3) is 9.60. The molecule has 232 valence electrons. The molecule has 0 bridgehead atoms. The van der Waals surface area contributed by atoms with Crippen molar-refractivity contribution in [2.75, 3.05) is 13.2 Å². The Labute approximate surface area is 234 Å². The molecule has 2 aliphatic heterocycles. The number of esters is 6. The van der Waals surface area contributed by atoms with Crippen LogP contribution in [0.25, 0.3) is 0 Å². The van der Waals surface area contributed by atoms with E-state index < -0.39 is 110 Å². The van der Waals surface area contributed by atoms with E-state index in [1.807, 2.05) is 0 Å². The normalized spacial score (nSPS) is 33.1. The van der Waals surface area contributed by atoms with Gasteiger partial charge in [-0.1, -0.05) is 0 Å². The molecule has 17 nitrogen and oxygen atoms in total. The smallest absolute Gasteiger partial charge is 0.303 e. The van der Waals surface area contributed by atoms with Crippen LogP contribution in [0.3, 0.4) is 0 Å². The predicted molar refractivity (Wildman–Crippen MR) is 126 cm³/mol. The first-order valence-corrected chi connectivity index (χ1v) is 12.4. The number of hydrogen-bond donors (Lipinski definition) is 2. The zero-order chi connectivity index (χ0) is 31.0. The van der Waals surface area contributed by atoms with E-state index in [1.54, 1.807) is 0 Å². The van der Waals surface area contributed by atoms with Gasteiger partial charge in [0.1, 0.15) is 24.9 Å². The Kier molecular flexibility index (Phi) is 12.4. The van der Waals surface area contributed by atoms with Crippen molar-refractivity contribution in [2.45, 2.75) is 103 Å². The Bertz CT molecular complexity index is 981. The van der Waals surface area contributed by atoms with Gasteiger partial charge in [0.15, 0.2) is 43.1 Å². The van der Waals surface area contributed by atoms with E-state index in [0.29, 0.717) is 0 Å². The summed E-state index contributed by atoms with van der Waals surface area (Å²) >= 11 is 0. The Morgan fingerprint density at radius 3 is 1.46 bits per heavy atom. The first-order valence-electron chi connectivity index (χ1n) is 12.4. The van der Waals surface area contributed by atoms with Crippen molar-refractivity contribution < 1.29 is 81.6 Å². The molecule has 0 amide bonds. The highest BCUT2D eigenvalue weighted by molar-refractivity contribution is 5.69. The number of carbonyl (C=O) groups excluding carboxylic acids is 6. The average Bonchev–Trinajstić information content (AvgIpc) is 2.83. The molecule has 0 saturated carbocycles. The van der Waals surface area contributed by atoms with E-state index in [9.17, 15) is 39.0 Å². The van der Waals surface area contributed by atoms with Crippen molar-refractivity contribution in [3.05, 3.63) is 0 Å². The molecule has 0 unspecified atom stereocenters. The molecule has 2 N–H and O–H groups in total. The number of aliphatic hydroxyl groups excluding tert-OH is 2. The molecule has 41 heavy (non-hydrogen) atoms. The zero-order valence-corrected chi connectivity index (χ0v) is 23.2. The van der Waals surface area contributed by atoms with Gasteiger partial charge < -0.3 is 52.8 Å². The minimum Gasteiger partial charge on any atom is -0.463 e. The van der Waals surface area contributed by atoms with Crippen molar-refractivity contribution in [3.63, 3.8) is 0 Å². The molecule has 0 aromatic heterocycles. The van der Waals surface area contributed by atoms with Gasteiger partial charge in [-0.15, -0.1) is 0 Å². The van der Waals surface area contributed by atoms with Crippen LogP contribution in [-0.2, 0) is 71.4 Å². The lowest BCUT2D eigenvalue weighted by Gasteiger charge is -2.48. The van der Waals surface area contributed by atoms with Crippen LogP contribution in [0, 0.1) is 0 Å². The Hall–Kier alpha value is -3.38. The van der Waals surface area contributed by atoms with Crippen molar-refractivity contribution in [1.29, 1.82) is 0 Å².